The molecule has 21 heavy (non-hydrogen) atoms. The van der Waals surface area contributed by atoms with Gasteiger partial charge in [-0.15, -0.1) is 0 Å². The lowest BCUT2D eigenvalue weighted by atomic mass is 10.00. The molecule has 1 atom stereocenters. The molecule has 0 aromatic heterocycles. The van der Waals surface area contributed by atoms with Crippen LogP contribution in [0.4, 0.5) is 16.2 Å². The van der Waals surface area contributed by atoms with Crippen molar-refractivity contribution in [3.8, 4) is 0 Å². The highest BCUT2D eigenvalue weighted by atomic mass is 16.6. The maximum absolute atomic E-state index is 12.3. The number of nitrogens with two attached hydrogens (primary N) is 1. The first-order chi connectivity index (χ1) is 10.1. The molecule has 1 aromatic carbocycles. The Morgan fingerprint density at radius 1 is 1.38 bits per heavy atom. The molecule has 0 bridgehead atoms. The van der Waals surface area contributed by atoms with E-state index in [9.17, 15) is 14.9 Å². The second-order valence-electron chi connectivity index (χ2n) is 5.15. The number of nitro groups is 1. The Hall–Kier alpha value is -2.15. The van der Waals surface area contributed by atoms with Gasteiger partial charge in [-0.25, -0.2) is 4.79 Å². The van der Waals surface area contributed by atoms with Crippen molar-refractivity contribution >= 4 is 17.4 Å². The third kappa shape index (κ3) is 3.91. The summed E-state index contributed by atoms with van der Waals surface area (Å²) in [6.07, 6.45) is 3.89. The lowest BCUT2D eigenvalue weighted by molar-refractivity contribution is -0.384. The van der Waals surface area contributed by atoms with E-state index in [1.165, 1.54) is 24.3 Å². The molecule has 7 nitrogen and oxygen atoms in total. The van der Waals surface area contributed by atoms with Crippen molar-refractivity contribution in [2.24, 2.45) is 5.73 Å². The van der Waals surface area contributed by atoms with E-state index in [-0.39, 0.29) is 17.8 Å². The van der Waals surface area contributed by atoms with E-state index >= 15 is 0 Å². The molecule has 2 amide bonds. The number of amides is 2. The fraction of sp³-hybridized carbons (Fsp3) is 0.500. The average Bonchev–Trinajstić information content (AvgIpc) is 2.48. The van der Waals surface area contributed by atoms with Crippen LogP contribution in [0.3, 0.4) is 0 Å². The largest absolute Gasteiger partial charge is 0.330 e. The van der Waals surface area contributed by atoms with Crippen LogP contribution in [0.1, 0.15) is 25.7 Å². The molecule has 1 aliphatic heterocycles. The first-order valence-electron chi connectivity index (χ1n) is 7.14. The van der Waals surface area contributed by atoms with E-state index in [1.54, 1.807) is 0 Å². The zero-order valence-electron chi connectivity index (χ0n) is 11.8. The summed E-state index contributed by atoms with van der Waals surface area (Å²) < 4.78 is 0. The van der Waals surface area contributed by atoms with Gasteiger partial charge in [0.15, 0.2) is 0 Å². The second kappa shape index (κ2) is 7.03. The minimum atomic E-state index is -0.465. The summed E-state index contributed by atoms with van der Waals surface area (Å²) in [7, 11) is 0. The highest BCUT2D eigenvalue weighted by Crippen LogP contribution is 2.21. The molecule has 1 unspecified atom stereocenters. The monoisotopic (exact) mass is 292 g/mol. The van der Waals surface area contributed by atoms with Crippen LogP contribution in [0, 0.1) is 10.1 Å². The highest BCUT2D eigenvalue weighted by Gasteiger charge is 2.26. The van der Waals surface area contributed by atoms with Crippen LogP contribution in [0.2, 0.25) is 0 Å². The second-order valence-corrected chi connectivity index (χ2v) is 5.15. The SMILES string of the molecule is NCCC1CCCCN1C(=O)Nc1ccc([N+](=O)[O-])cc1. The quantitative estimate of drug-likeness (QED) is 0.656. The molecule has 2 rings (SSSR count). The van der Waals surface area contributed by atoms with Gasteiger partial charge in [0.25, 0.3) is 5.69 Å². The molecule has 1 aliphatic rings. The van der Waals surface area contributed by atoms with Crippen molar-refractivity contribution in [2.45, 2.75) is 31.7 Å². The minimum absolute atomic E-state index is 0.00646. The van der Waals surface area contributed by atoms with Crippen molar-refractivity contribution in [1.29, 1.82) is 0 Å². The first-order valence-corrected chi connectivity index (χ1v) is 7.14. The molecule has 1 heterocycles. The van der Waals surface area contributed by atoms with Crippen LogP contribution in [0.5, 0.6) is 0 Å². The van der Waals surface area contributed by atoms with E-state index in [0.717, 1.165) is 32.2 Å². The van der Waals surface area contributed by atoms with Gasteiger partial charge >= 0.3 is 6.03 Å². The lowest BCUT2D eigenvalue weighted by Crippen LogP contribution is -2.46. The summed E-state index contributed by atoms with van der Waals surface area (Å²) >= 11 is 0. The summed E-state index contributed by atoms with van der Waals surface area (Å²) in [5.74, 6) is 0. The fourth-order valence-electron chi connectivity index (χ4n) is 2.62. The number of hydrogen-bond acceptors (Lipinski definition) is 4. The lowest BCUT2D eigenvalue weighted by Gasteiger charge is -2.35. The van der Waals surface area contributed by atoms with Gasteiger partial charge in [0, 0.05) is 30.4 Å². The molecule has 3 N–H and O–H groups in total. The number of nitro benzene ring substituents is 1. The predicted octanol–water partition coefficient (Wildman–Crippen LogP) is 2.33. The summed E-state index contributed by atoms with van der Waals surface area (Å²) in [5, 5.41) is 13.4. The standard InChI is InChI=1S/C14H20N4O3/c15-9-8-12-3-1-2-10-17(12)14(19)16-11-4-6-13(7-5-11)18(20)21/h4-7,12H,1-3,8-10,15H2,(H,16,19). The number of hydrogen-bond donors (Lipinski definition) is 2. The number of nitrogens with one attached hydrogen (secondary N) is 1. The number of rotatable bonds is 4. The number of urea groups is 1. The van der Waals surface area contributed by atoms with E-state index in [0.29, 0.717) is 12.2 Å². The first kappa shape index (κ1) is 15.2. The summed E-state index contributed by atoms with van der Waals surface area (Å²) in [5.41, 5.74) is 6.16. The Morgan fingerprint density at radius 3 is 2.71 bits per heavy atom. The smallest absolute Gasteiger partial charge is 0.322 e. The van der Waals surface area contributed by atoms with Gasteiger partial charge in [0.1, 0.15) is 0 Å². The molecule has 0 saturated carbocycles. The summed E-state index contributed by atoms with van der Waals surface area (Å²) in [6.45, 7) is 1.29. The maximum Gasteiger partial charge on any atom is 0.322 e. The van der Waals surface area contributed by atoms with Crippen molar-refractivity contribution in [2.75, 3.05) is 18.4 Å². The summed E-state index contributed by atoms with van der Waals surface area (Å²) in [6, 6.07) is 5.85. The van der Waals surface area contributed by atoms with E-state index in [1.807, 2.05) is 4.90 Å². The number of benzene rings is 1. The van der Waals surface area contributed by atoms with Crippen LogP contribution in [0.25, 0.3) is 0 Å². The molecule has 0 aliphatic carbocycles. The van der Waals surface area contributed by atoms with Gasteiger partial charge in [-0.1, -0.05) is 0 Å². The Morgan fingerprint density at radius 2 is 2.10 bits per heavy atom. The molecular formula is C14H20N4O3. The maximum atomic E-state index is 12.3. The molecule has 1 saturated heterocycles. The third-order valence-corrected chi connectivity index (χ3v) is 3.72. The number of nitrogens with zero attached hydrogens (tertiary/aromatic N) is 2. The van der Waals surface area contributed by atoms with Gasteiger partial charge in [-0.3, -0.25) is 10.1 Å². The number of anilines is 1. The number of carbonyl (C=O) groups is 1. The molecule has 0 spiro atoms. The predicted molar refractivity (Wildman–Crippen MR) is 80.1 cm³/mol. The normalized spacial score (nSPS) is 18.3. The molecule has 0 radical (unpaired) electrons. The third-order valence-electron chi connectivity index (χ3n) is 3.72. The highest BCUT2D eigenvalue weighted by molar-refractivity contribution is 5.89. The van der Waals surface area contributed by atoms with Crippen molar-refractivity contribution < 1.29 is 9.72 Å². The topological polar surface area (TPSA) is 102 Å². The van der Waals surface area contributed by atoms with Crippen LogP contribution in [0.15, 0.2) is 24.3 Å². The number of non-ortho nitro benzene ring substituents is 1. The van der Waals surface area contributed by atoms with Crippen molar-refractivity contribution in [1.82, 2.24) is 4.90 Å². The van der Waals surface area contributed by atoms with Gasteiger partial charge < -0.3 is 16.0 Å². The molecule has 7 heteroatoms. The van der Waals surface area contributed by atoms with Crippen molar-refractivity contribution in [3.05, 3.63) is 34.4 Å². The average molecular weight is 292 g/mol. The van der Waals surface area contributed by atoms with Crippen molar-refractivity contribution in [3.63, 3.8) is 0 Å². The Labute approximate surface area is 123 Å². The van der Waals surface area contributed by atoms with Gasteiger partial charge in [0.2, 0.25) is 0 Å². The van der Waals surface area contributed by atoms with Gasteiger partial charge in [-0.05, 0) is 44.4 Å². The molecule has 1 aromatic rings. The zero-order valence-corrected chi connectivity index (χ0v) is 11.8. The summed E-state index contributed by atoms with van der Waals surface area (Å²) in [4.78, 5) is 24.3. The van der Waals surface area contributed by atoms with E-state index in [4.69, 9.17) is 5.73 Å². The fourth-order valence-corrected chi connectivity index (χ4v) is 2.62. The van der Waals surface area contributed by atoms with E-state index < -0.39 is 4.92 Å². The number of piperidine rings is 1. The molecule has 114 valence electrons. The number of carbonyl (C=O) groups excluding carboxylic acids is 1. The molecular weight excluding hydrogens is 272 g/mol. The zero-order chi connectivity index (χ0) is 15.2. The van der Waals surface area contributed by atoms with Crippen LogP contribution < -0.4 is 11.1 Å². The Bertz CT molecular complexity index is 501. The minimum Gasteiger partial charge on any atom is -0.330 e. The van der Waals surface area contributed by atoms with E-state index in [2.05, 4.69) is 5.32 Å². The molecule has 1 fully saturated rings. The number of likely N-dealkylation sites (tertiary alicyclic amines) is 1. The van der Waals surface area contributed by atoms with Gasteiger partial charge in [0.05, 0.1) is 4.92 Å². The Kier molecular flexibility index (Phi) is 5.10. The Balaban J connectivity index is 2.00. The van der Waals surface area contributed by atoms with Crippen LogP contribution in [-0.4, -0.2) is 35.0 Å². The van der Waals surface area contributed by atoms with Crippen LogP contribution >= 0.6 is 0 Å². The van der Waals surface area contributed by atoms with Crippen LogP contribution in [-0.2, 0) is 0 Å². The van der Waals surface area contributed by atoms with Gasteiger partial charge in [-0.2, -0.15) is 0 Å².